The van der Waals surface area contributed by atoms with E-state index in [0.29, 0.717) is 10.1 Å². The lowest BCUT2D eigenvalue weighted by Crippen LogP contribution is -2.33. The van der Waals surface area contributed by atoms with Gasteiger partial charge in [0.2, 0.25) is 10.0 Å². The molecule has 0 aliphatic carbocycles. The average molecular weight is 333 g/mol. The van der Waals surface area contributed by atoms with Gasteiger partial charge in [-0.25, -0.2) is 13.1 Å². The molecule has 0 saturated carbocycles. The first-order valence-electron chi connectivity index (χ1n) is 7.70. The third-order valence-electron chi connectivity index (χ3n) is 3.44. The van der Waals surface area contributed by atoms with E-state index in [1.165, 1.54) is 11.3 Å². The molecule has 0 radical (unpaired) electrons. The van der Waals surface area contributed by atoms with Crippen LogP contribution in [0.2, 0.25) is 0 Å². The number of nitrogens with one attached hydrogen (secondary N) is 2. The molecule has 2 unspecified atom stereocenters. The van der Waals surface area contributed by atoms with Crippen LogP contribution in [0, 0.1) is 5.92 Å². The second kappa shape index (κ2) is 8.88. The summed E-state index contributed by atoms with van der Waals surface area (Å²) in [5.41, 5.74) is 0. The molecule has 4 nitrogen and oxygen atoms in total. The van der Waals surface area contributed by atoms with Crippen LogP contribution in [0.15, 0.2) is 16.3 Å². The van der Waals surface area contributed by atoms with Gasteiger partial charge in [0.05, 0.1) is 0 Å². The Hall–Kier alpha value is -0.430. The van der Waals surface area contributed by atoms with Gasteiger partial charge < -0.3 is 5.32 Å². The van der Waals surface area contributed by atoms with E-state index in [9.17, 15) is 8.42 Å². The fourth-order valence-corrected chi connectivity index (χ4v) is 4.73. The molecule has 0 saturated heterocycles. The number of thiophene rings is 1. The molecule has 21 heavy (non-hydrogen) atoms. The molecule has 6 heteroatoms. The van der Waals surface area contributed by atoms with E-state index < -0.39 is 10.0 Å². The van der Waals surface area contributed by atoms with Crippen molar-refractivity contribution in [3.8, 4) is 0 Å². The summed E-state index contributed by atoms with van der Waals surface area (Å²) >= 11 is 1.34. The Bertz CT molecular complexity index is 511. The highest BCUT2D eigenvalue weighted by Gasteiger charge is 2.20. The van der Waals surface area contributed by atoms with E-state index in [0.717, 1.165) is 37.2 Å². The fraction of sp³-hybridized carbons (Fsp3) is 0.733. The van der Waals surface area contributed by atoms with Gasteiger partial charge in [0, 0.05) is 17.5 Å². The van der Waals surface area contributed by atoms with Crippen LogP contribution in [0.4, 0.5) is 0 Å². The molecule has 0 bridgehead atoms. The molecular weight excluding hydrogens is 304 g/mol. The Morgan fingerprint density at radius 3 is 2.57 bits per heavy atom. The molecule has 0 fully saturated rings. The van der Waals surface area contributed by atoms with Crippen LogP contribution in [-0.2, 0) is 16.6 Å². The van der Waals surface area contributed by atoms with Crippen molar-refractivity contribution >= 4 is 21.4 Å². The van der Waals surface area contributed by atoms with Crippen molar-refractivity contribution in [2.45, 2.75) is 63.8 Å². The second-order valence-corrected chi connectivity index (χ2v) is 8.78. The zero-order valence-electron chi connectivity index (χ0n) is 13.5. The van der Waals surface area contributed by atoms with E-state index in [1.54, 1.807) is 6.07 Å². The summed E-state index contributed by atoms with van der Waals surface area (Å²) in [7, 11) is -3.38. The number of sulfonamides is 1. The molecule has 0 spiro atoms. The molecule has 122 valence electrons. The number of hydrogen-bond donors (Lipinski definition) is 2. The van der Waals surface area contributed by atoms with Gasteiger partial charge in [0.15, 0.2) is 0 Å². The van der Waals surface area contributed by atoms with Gasteiger partial charge in [-0.3, -0.25) is 0 Å². The first-order chi connectivity index (χ1) is 9.89. The van der Waals surface area contributed by atoms with E-state index >= 15 is 0 Å². The highest BCUT2D eigenvalue weighted by Crippen LogP contribution is 2.22. The second-order valence-electron chi connectivity index (χ2n) is 5.67. The van der Waals surface area contributed by atoms with E-state index in [2.05, 4.69) is 30.8 Å². The lowest BCUT2D eigenvalue weighted by Gasteiger charge is -2.16. The van der Waals surface area contributed by atoms with Gasteiger partial charge in [0.1, 0.15) is 4.21 Å². The van der Waals surface area contributed by atoms with Crippen LogP contribution in [0.25, 0.3) is 0 Å². The molecule has 1 rings (SSSR count). The molecule has 0 aromatic carbocycles. The smallest absolute Gasteiger partial charge is 0.250 e. The summed E-state index contributed by atoms with van der Waals surface area (Å²) in [6, 6.07) is 3.56. The van der Waals surface area contributed by atoms with Gasteiger partial charge in [-0.1, -0.05) is 27.2 Å². The van der Waals surface area contributed by atoms with Gasteiger partial charge in [0.25, 0.3) is 0 Å². The van der Waals surface area contributed by atoms with Crippen molar-refractivity contribution in [1.82, 2.24) is 10.0 Å². The Balaban J connectivity index is 2.61. The molecule has 2 atom stereocenters. The van der Waals surface area contributed by atoms with Gasteiger partial charge >= 0.3 is 0 Å². The van der Waals surface area contributed by atoms with Crippen molar-refractivity contribution in [3.63, 3.8) is 0 Å². The SMILES string of the molecule is CCCNCc1ccc(S(=O)(=O)NC(C)CC(C)CC)s1. The van der Waals surface area contributed by atoms with Crippen molar-refractivity contribution < 1.29 is 8.42 Å². The van der Waals surface area contributed by atoms with Gasteiger partial charge in [-0.05, 0) is 44.4 Å². The lowest BCUT2D eigenvalue weighted by atomic mass is 10.0. The molecule has 1 aromatic rings. The van der Waals surface area contributed by atoms with Crippen LogP contribution >= 0.6 is 11.3 Å². The quantitative estimate of drug-likeness (QED) is 0.646. The fourth-order valence-electron chi connectivity index (χ4n) is 2.13. The minimum absolute atomic E-state index is 0.0336. The topological polar surface area (TPSA) is 58.2 Å². The van der Waals surface area contributed by atoms with Gasteiger partial charge in [-0.2, -0.15) is 0 Å². The monoisotopic (exact) mass is 332 g/mol. The van der Waals surface area contributed by atoms with E-state index in [4.69, 9.17) is 0 Å². The molecule has 1 aromatic heterocycles. The highest BCUT2D eigenvalue weighted by molar-refractivity contribution is 7.91. The highest BCUT2D eigenvalue weighted by atomic mass is 32.2. The zero-order valence-corrected chi connectivity index (χ0v) is 15.1. The average Bonchev–Trinajstić information content (AvgIpc) is 2.87. The summed E-state index contributed by atoms with van der Waals surface area (Å²) in [5, 5.41) is 3.29. The Morgan fingerprint density at radius 2 is 1.95 bits per heavy atom. The summed E-state index contributed by atoms with van der Waals surface area (Å²) in [5.74, 6) is 0.528. The zero-order chi connectivity index (χ0) is 15.9. The predicted molar refractivity (Wildman–Crippen MR) is 90.2 cm³/mol. The minimum Gasteiger partial charge on any atom is -0.312 e. The Labute approximate surface area is 133 Å². The van der Waals surface area contributed by atoms with Crippen LogP contribution in [0.1, 0.15) is 51.8 Å². The summed E-state index contributed by atoms with van der Waals surface area (Å²) in [6.45, 7) is 10.00. The van der Waals surface area contributed by atoms with Crippen LogP contribution in [0.5, 0.6) is 0 Å². The standard InChI is InChI=1S/C15H28N2O2S2/c1-5-9-16-11-14-7-8-15(20-14)21(18,19)17-13(4)10-12(3)6-2/h7-8,12-13,16-17H,5-6,9-11H2,1-4H3. The Kier molecular flexibility index (Phi) is 7.87. The van der Waals surface area contributed by atoms with Crippen molar-refractivity contribution in [2.75, 3.05) is 6.54 Å². The van der Waals surface area contributed by atoms with Crippen LogP contribution in [0.3, 0.4) is 0 Å². The molecular formula is C15H28N2O2S2. The maximum Gasteiger partial charge on any atom is 0.250 e. The molecule has 0 amide bonds. The lowest BCUT2D eigenvalue weighted by molar-refractivity contribution is 0.446. The largest absolute Gasteiger partial charge is 0.312 e. The maximum atomic E-state index is 12.3. The molecule has 0 aliphatic heterocycles. The molecule has 1 heterocycles. The van der Waals surface area contributed by atoms with E-state index in [1.807, 2.05) is 13.0 Å². The normalized spacial score (nSPS) is 15.0. The Morgan fingerprint density at radius 1 is 1.24 bits per heavy atom. The maximum absolute atomic E-state index is 12.3. The van der Waals surface area contributed by atoms with Crippen molar-refractivity contribution in [3.05, 3.63) is 17.0 Å². The first-order valence-corrected chi connectivity index (χ1v) is 10.0. The minimum atomic E-state index is -3.38. The number of rotatable bonds is 10. The van der Waals surface area contributed by atoms with Crippen molar-refractivity contribution in [1.29, 1.82) is 0 Å². The molecule has 2 N–H and O–H groups in total. The van der Waals surface area contributed by atoms with Crippen LogP contribution in [-0.4, -0.2) is 21.0 Å². The third kappa shape index (κ3) is 6.46. The van der Waals surface area contributed by atoms with Crippen LogP contribution < -0.4 is 10.0 Å². The number of hydrogen-bond acceptors (Lipinski definition) is 4. The predicted octanol–water partition coefficient (Wildman–Crippen LogP) is 3.35. The van der Waals surface area contributed by atoms with Crippen molar-refractivity contribution in [2.24, 2.45) is 5.92 Å². The first kappa shape index (κ1) is 18.6. The third-order valence-corrected chi connectivity index (χ3v) is 6.60. The van der Waals surface area contributed by atoms with E-state index in [-0.39, 0.29) is 6.04 Å². The summed E-state index contributed by atoms with van der Waals surface area (Å²) in [4.78, 5) is 1.05. The molecule has 0 aliphatic rings. The summed E-state index contributed by atoms with van der Waals surface area (Å²) < 4.78 is 27.9. The summed E-state index contributed by atoms with van der Waals surface area (Å²) in [6.07, 6.45) is 3.01. The van der Waals surface area contributed by atoms with Gasteiger partial charge in [-0.15, -0.1) is 11.3 Å².